The molecule has 1 aromatic heterocycles. The minimum Gasteiger partial charge on any atom is -0.456 e. The number of hydrogen-bond donors (Lipinski definition) is 0. The molecule has 0 aliphatic carbocycles. The summed E-state index contributed by atoms with van der Waals surface area (Å²) in [5.74, 6) is -0.878. The van der Waals surface area contributed by atoms with E-state index in [2.05, 4.69) is 10.1 Å². The van der Waals surface area contributed by atoms with E-state index in [1.54, 1.807) is 24.3 Å². The molecule has 0 atom stereocenters. The third-order valence-electron chi connectivity index (χ3n) is 3.66. The summed E-state index contributed by atoms with van der Waals surface area (Å²) in [5.41, 5.74) is 0.941. The Balaban J connectivity index is 1.49. The lowest BCUT2D eigenvalue weighted by molar-refractivity contribution is -0.145. The molecule has 0 aliphatic heterocycles. The lowest BCUT2D eigenvalue weighted by Crippen LogP contribution is -2.08. The lowest BCUT2D eigenvalue weighted by atomic mass is 10.1. The molecule has 0 unspecified atom stereocenters. The second-order valence-electron chi connectivity index (χ2n) is 5.58. The fourth-order valence-corrected chi connectivity index (χ4v) is 2.50. The quantitative estimate of drug-likeness (QED) is 0.445. The number of carbonyl (C=O) groups excluding carboxylic acids is 2. The Hall–Kier alpha value is -3.06. The summed E-state index contributed by atoms with van der Waals surface area (Å²) >= 11 is 6.07. The molecule has 3 aromatic rings. The van der Waals surface area contributed by atoms with Gasteiger partial charge in [0.25, 0.3) is 5.89 Å². The van der Waals surface area contributed by atoms with Crippen LogP contribution >= 0.6 is 11.6 Å². The van der Waals surface area contributed by atoms with Crippen molar-refractivity contribution in [3.8, 4) is 11.4 Å². The first-order chi connectivity index (χ1) is 13.0. The van der Waals surface area contributed by atoms with Gasteiger partial charge in [-0.25, -0.2) is 4.39 Å². The first kappa shape index (κ1) is 18.7. The fourth-order valence-electron chi connectivity index (χ4n) is 2.28. The van der Waals surface area contributed by atoms with Gasteiger partial charge in [0.05, 0.1) is 11.4 Å². The van der Waals surface area contributed by atoms with Crippen LogP contribution in [-0.2, 0) is 16.1 Å². The van der Waals surface area contributed by atoms with E-state index in [1.807, 2.05) is 0 Å². The van der Waals surface area contributed by atoms with Crippen LogP contribution in [-0.4, -0.2) is 21.9 Å². The molecule has 8 heteroatoms. The van der Waals surface area contributed by atoms with Crippen LogP contribution in [0.2, 0.25) is 5.02 Å². The first-order valence-corrected chi connectivity index (χ1v) is 8.42. The van der Waals surface area contributed by atoms with E-state index in [0.29, 0.717) is 16.1 Å². The lowest BCUT2D eigenvalue weighted by Gasteiger charge is -2.02. The highest BCUT2D eigenvalue weighted by Crippen LogP contribution is 2.24. The average molecular weight is 389 g/mol. The summed E-state index contributed by atoms with van der Waals surface area (Å²) in [5, 5.41) is 4.27. The highest BCUT2D eigenvalue weighted by Gasteiger charge is 2.14. The molecule has 0 saturated carbocycles. The van der Waals surface area contributed by atoms with Crippen LogP contribution in [0, 0.1) is 5.82 Å². The van der Waals surface area contributed by atoms with Crippen molar-refractivity contribution < 1.29 is 23.2 Å². The van der Waals surface area contributed by atoms with Crippen molar-refractivity contribution in [1.82, 2.24) is 10.1 Å². The van der Waals surface area contributed by atoms with Gasteiger partial charge in [0.15, 0.2) is 12.4 Å². The van der Waals surface area contributed by atoms with Crippen molar-refractivity contribution in [2.75, 3.05) is 0 Å². The molecule has 0 fully saturated rings. The number of nitrogens with zero attached hydrogens (tertiary/aromatic N) is 2. The molecule has 0 bridgehead atoms. The average Bonchev–Trinajstić information content (AvgIpc) is 3.14. The maximum absolute atomic E-state index is 12.8. The van der Waals surface area contributed by atoms with Gasteiger partial charge in [-0.2, -0.15) is 4.98 Å². The van der Waals surface area contributed by atoms with Gasteiger partial charge >= 0.3 is 5.97 Å². The standard InChI is InChI=1S/C19H14ClFN2O4/c20-15-4-2-1-3-14(15)19-22-17(27-23-19)11-26-18(25)10-9-16(24)12-5-7-13(21)8-6-12/h1-8H,9-11H2. The van der Waals surface area contributed by atoms with Crippen molar-refractivity contribution in [3.05, 3.63) is 70.8 Å². The summed E-state index contributed by atoms with van der Waals surface area (Å²) in [6.45, 7) is -0.207. The van der Waals surface area contributed by atoms with Crippen LogP contribution in [0.15, 0.2) is 53.1 Å². The number of hydrogen-bond acceptors (Lipinski definition) is 6. The smallest absolute Gasteiger partial charge is 0.306 e. The van der Waals surface area contributed by atoms with E-state index in [9.17, 15) is 14.0 Å². The first-order valence-electron chi connectivity index (χ1n) is 8.05. The van der Waals surface area contributed by atoms with E-state index in [-0.39, 0.29) is 36.9 Å². The number of esters is 1. The molecule has 0 aliphatic rings. The van der Waals surface area contributed by atoms with Crippen molar-refractivity contribution in [2.45, 2.75) is 19.4 Å². The van der Waals surface area contributed by atoms with E-state index < -0.39 is 11.8 Å². The predicted octanol–water partition coefficient (Wildman–Crippen LogP) is 4.24. The Morgan fingerprint density at radius 3 is 2.56 bits per heavy atom. The van der Waals surface area contributed by atoms with Gasteiger partial charge in [-0.3, -0.25) is 9.59 Å². The number of halogens is 2. The van der Waals surface area contributed by atoms with Crippen LogP contribution in [0.4, 0.5) is 4.39 Å². The number of rotatable bonds is 7. The summed E-state index contributed by atoms with van der Waals surface area (Å²) < 4.78 is 22.9. The molecule has 27 heavy (non-hydrogen) atoms. The normalized spacial score (nSPS) is 10.6. The minimum atomic E-state index is -0.581. The second kappa shape index (κ2) is 8.55. The van der Waals surface area contributed by atoms with Gasteiger partial charge in [-0.15, -0.1) is 0 Å². The molecule has 1 heterocycles. The topological polar surface area (TPSA) is 82.3 Å². The van der Waals surface area contributed by atoms with Gasteiger partial charge < -0.3 is 9.26 Å². The van der Waals surface area contributed by atoms with E-state index >= 15 is 0 Å². The summed E-state index contributed by atoms with van der Waals surface area (Å²) in [4.78, 5) is 27.9. The zero-order valence-corrected chi connectivity index (χ0v) is 14.8. The van der Waals surface area contributed by atoms with Gasteiger partial charge in [0.2, 0.25) is 5.82 Å². The Morgan fingerprint density at radius 2 is 1.81 bits per heavy atom. The van der Waals surface area contributed by atoms with Crippen molar-refractivity contribution in [2.24, 2.45) is 0 Å². The van der Waals surface area contributed by atoms with Crippen LogP contribution in [0.3, 0.4) is 0 Å². The summed E-state index contributed by atoms with van der Waals surface area (Å²) in [6.07, 6.45) is -0.152. The summed E-state index contributed by atoms with van der Waals surface area (Å²) in [7, 11) is 0. The SMILES string of the molecule is O=C(CCC(=O)c1ccc(F)cc1)OCc1nc(-c2ccccc2Cl)no1. The van der Waals surface area contributed by atoms with E-state index in [0.717, 1.165) is 0 Å². The number of ether oxygens (including phenoxy) is 1. The molecule has 6 nitrogen and oxygen atoms in total. The highest BCUT2D eigenvalue weighted by molar-refractivity contribution is 6.33. The molecular formula is C19H14ClFN2O4. The monoisotopic (exact) mass is 388 g/mol. The van der Waals surface area contributed by atoms with Crippen molar-refractivity contribution >= 4 is 23.4 Å². The van der Waals surface area contributed by atoms with Gasteiger partial charge in [0, 0.05) is 17.5 Å². The van der Waals surface area contributed by atoms with Crippen LogP contribution in [0.5, 0.6) is 0 Å². The van der Waals surface area contributed by atoms with E-state index in [1.165, 1.54) is 24.3 Å². The largest absolute Gasteiger partial charge is 0.456 e. The molecule has 2 aromatic carbocycles. The Bertz CT molecular complexity index is 956. The van der Waals surface area contributed by atoms with Crippen LogP contribution in [0.25, 0.3) is 11.4 Å². The number of aromatic nitrogens is 2. The number of carbonyl (C=O) groups is 2. The molecule has 0 saturated heterocycles. The van der Waals surface area contributed by atoms with Crippen molar-refractivity contribution in [3.63, 3.8) is 0 Å². The number of benzene rings is 2. The van der Waals surface area contributed by atoms with Gasteiger partial charge in [-0.05, 0) is 36.4 Å². The zero-order chi connectivity index (χ0) is 19.2. The number of Topliss-reactive ketones (excluding diaryl/α,β-unsaturated/α-hetero) is 1. The van der Waals surface area contributed by atoms with Gasteiger partial charge in [-0.1, -0.05) is 28.9 Å². The molecule has 3 rings (SSSR count). The maximum Gasteiger partial charge on any atom is 0.306 e. The Labute approximate surface area is 158 Å². The third-order valence-corrected chi connectivity index (χ3v) is 3.99. The highest BCUT2D eigenvalue weighted by atomic mass is 35.5. The third kappa shape index (κ3) is 4.98. The summed E-state index contributed by atoms with van der Waals surface area (Å²) in [6, 6.07) is 12.1. The number of ketones is 1. The molecule has 138 valence electrons. The molecular weight excluding hydrogens is 375 g/mol. The predicted molar refractivity (Wildman–Crippen MR) is 94.5 cm³/mol. The van der Waals surface area contributed by atoms with Crippen LogP contribution in [0.1, 0.15) is 29.1 Å². The Kier molecular flexibility index (Phi) is 5.93. The zero-order valence-electron chi connectivity index (χ0n) is 14.0. The minimum absolute atomic E-state index is 0.0425. The molecule has 0 N–H and O–H groups in total. The second-order valence-corrected chi connectivity index (χ2v) is 5.99. The van der Waals surface area contributed by atoms with E-state index in [4.69, 9.17) is 20.9 Å². The molecule has 0 radical (unpaired) electrons. The van der Waals surface area contributed by atoms with Crippen LogP contribution < -0.4 is 0 Å². The Morgan fingerprint density at radius 1 is 1.07 bits per heavy atom. The van der Waals surface area contributed by atoms with Crippen molar-refractivity contribution in [1.29, 1.82) is 0 Å². The molecule has 0 amide bonds. The molecule has 0 spiro atoms. The fraction of sp³-hybridized carbons (Fsp3) is 0.158. The van der Waals surface area contributed by atoms with Gasteiger partial charge in [0.1, 0.15) is 5.82 Å². The maximum atomic E-state index is 12.8.